The summed E-state index contributed by atoms with van der Waals surface area (Å²) in [6.07, 6.45) is 8.30. The highest BCUT2D eigenvalue weighted by atomic mass is 127. The summed E-state index contributed by atoms with van der Waals surface area (Å²) in [6, 6.07) is 23.2. The maximum atomic E-state index is 4.36. The lowest BCUT2D eigenvalue weighted by Crippen LogP contribution is -2.38. The number of rotatable bonds is 8. The summed E-state index contributed by atoms with van der Waals surface area (Å²) in [4.78, 5) is 12.8. The van der Waals surface area contributed by atoms with Crippen LogP contribution in [0.5, 0.6) is 0 Å². The van der Waals surface area contributed by atoms with E-state index in [0.29, 0.717) is 6.54 Å². The van der Waals surface area contributed by atoms with Crippen LogP contribution in [-0.2, 0) is 19.5 Å². The Balaban J connectivity index is 0.00000306. The molecule has 0 aliphatic heterocycles. The summed E-state index contributed by atoms with van der Waals surface area (Å²) < 4.78 is 2.07. The van der Waals surface area contributed by atoms with Gasteiger partial charge in [0.05, 0.1) is 6.33 Å². The topological polar surface area (TPSA) is 67.1 Å². The summed E-state index contributed by atoms with van der Waals surface area (Å²) in [5.74, 6) is 0.784. The molecule has 0 amide bonds. The van der Waals surface area contributed by atoms with Gasteiger partial charge in [-0.3, -0.25) is 9.98 Å². The number of hydrogen-bond donors (Lipinski definition) is 2. The van der Waals surface area contributed by atoms with Gasteiger partial charge >= 0.3 is 0 Å². The molecule has 0 saturated carbocycles. The molecule has 0 saturated heterocycles. The van der Waals surface area contributed by atoms with E-state index in [2.05, 4.69) is 78.7 Å². The quantitative estimate of drug-likeness (QED) is 0.192. The molecular weight excluding hydrogens is 523 g/mol. The highest BCUT2D eigenvalue weighted by Gasteiger charge is 2.06. The Bertz CT molecular complexity index is 1130. The lowest BCUT2D eigenvalue weighted by molar-refractivity contribution is 0.785. The van der Waals surface area contributed by atoms with E-state index in [9.17, 15) is 0 Å². The first kappa shape index (κ1) is 24.4. The molecule has 4 rings (SSSR count). The van der Waals surface area contributed by atoms with Gasteiger partial charge in [-0.15, -0.1) is 24.0 Å². The molecule has 0 bridgehead atoms. The number of nitrogens with one attached hydrogen (secondary N) is 2. The van der Waals surface area contributed by atoms with Gasteiger partial charge in [0.15, 0.2) is 5.96 Å². The molecule has 170 valence electrons. The number of aromatic nitrogens is 3. The zero-order valence-electron chi connectivity index (χ0n) is 18.7. The largest absolute Gasteiger partial charge is 0.356 e. The second-order valence-electron chi connectivity index (χ2n) is 7.51. The molecule has 2 aromatic carbocycles. The van der Waals surface area contributed by atoms with E-state index in [4.69, 9.17) is 0 Å². The number of hydrogen-bond acceptors (Lipinski definition) is 3. The Kier molecular flexibility index (Phi) is 9.44. The zero-order valence-corrected chi connectivity index (χ0v) is 21.0. The first-order valence-electron chi connectivity index (χ1n) is 10.8. The van der Waals surface area contributed by atoms with Crippen molar-refractivity contribution in [3.63, 3.8) is 0 Å². The van der Waals surface area contributed by atoms with Crippen molar-refractivity contribution in [1.29, 1.82) is 0 Å². The van der Waals surface area contributed by atoms with Gasteiger partial charge in [-0.05, 0) is 34.4 Å². The number of benzene rings is 2. The van der Waals surface area contributed by atoms with Crippen molar-refractivity contribution in [1.82, 2.24) is 25.2 Å². The Morgan fingerprint density at radius 3 is 2.48 bits per heavy atom. The average Bonchev–Trinajstić information content (AvgIpc) is 3.36. The van der Waals surface area contributed by atoms with Crippen molar-refractivity contribution in [3.05, 3.63) is 108 Å². The van der Waals surface area contributed by atoms with Gasteiger partial charge in [-0.25, -0.2) is 4.98 Å². The maximum Gasteiger partial charge on any atom is 0.191 e. The molecule has 0 spiro atoms. The molecule has 0 radical (unpaired) electrons. The number of nitrogens with zero attached hydrogens (tertiary/aromatic N) is 4. The molecule has 33 heavy (non-hydrogen) atoms. The van der Waals surface area contributed by atoms with Gasteiger partial charge in [-0.1, -0.05) is 54.6 Å². The zero-order chi connectivity index (χ0) is 22.0. The fraction of sp³-hybridized carbons (Fsp3) is 0.192. The van der Waals surface area contributed by atoms with Crippen LogP contribution in [0.2, 0.25) is 0 Å². The number of pyridine rings is 1. The van der Waals surface area contributed by atoms with E-state index in [0.717, 1.165) is 31.2 Å². The van der Waals surface area contributed by atoms with Crippen molar-refractivity contribution in [2.24, 2.45) is 4.99 Å². The summed E-state index contributed by atoms with van der Waals surface area (Å²) in [5.41, 5.74) is 5.97. The third kappa shape index (κ3) is 7.15. The fourth-order valence-electron chi connectivity index (χ4n) is 3.59. The standard InChI is InChI=1S/C26H28N6.HI/c1-27-26(30-15-13-24-7-4-5-14-29-24)31-18-23-6-2-3-8-25(23)22-11-9-21(10-12-22)19-32-17-16-28-20-32;/h2-12,14,16-17,20H,13,15,18-19H2,1H3,(H2,27,30,31);1H. The van der Waals surface area contributed by atoms with Crippen LogP contribution in [-0.4, -0.2) is 34.1 Å². The van der Waals surface area contributed by atoms with Crippen molar-refractivity contribution >= 4 is 29.9 Å². The van der Waals surface area contributed by atoms with Crippen molar-refractivity contribution in [2.75, 3.05) is 13.6 Å². The number of aliphatic imine (C=N–C) groups is 1. The van der Waals surface area contributed by atoms with E-state index in [-0.39, 0.29) is 24.0 Å². The smallest absolute Gasteiger partial charge is 0.191 e. The minimum absolute atomic E-state index is 0. The van der Waals surface area contributed by atoms with E-state index >= 15 is 0 Å². The van der Waals surface area contributed by atoms with Crippen LogP contribution in [0.1, 0.15) is 16.8 Å². The summed E-state index contributed by atoms with van der Waals surface area (Å²) in [6.45, 7) is 2.29. The number of halogens is 1. The van der Waals surface area contributed by atoms with Crippen LogP contribution in [0.3, 0.4) is 0 Å². The van der Waals surface area contributed by atoms with Gasteiger partial charge in [0.2, 0.25) is 0 Å². The molecular formula is C26H29IN6. The van der Waals surface area contributed by atoms with Crippen LogP contribution in [0.4, 0.5) is 0 Å². The molecule has 7 heteroatoms. The van der Waals surface area contributed by atoms with Crippen LogP contribution in [0.15, 0.2) is 96.6 Å². The lowest BCUT2D eigenvalue weighted by Gasteiger charge is -2.15. The maximum absolute atomic E-state index is 4.36. The monoisotopic (exact) mass is 552 g/mol. The van der Waals surface area contributed by atoms with Gasteiger partial charge in [0.25, 0.3) is 0 Å². The second kappa shape index (κ2) is 12.7. The normalized spacial score (nSPS) is 11.0. The molecule has 4 aromatic rings. The Labute approximate surface area is 212 Å². The van der Waals surface area contributed by atoms with E-state index < -0.39 is 0 Å². The molecule has 0 unspecified atom stereocenters. The van der Waals surface area contributed by atoms with Gasteiger partial charge in [-0.2, -0.15) is 0 Å². The van der Waals surface area contributed by atoms with Crippen LogP contribution >= 0.6 is 24.0 Å². The Morgan fingerprint density at radius 2 is 1.76 bits per heavy atom. The van der Waals surface area contributed by atoms with Gasteiger partial charge in [0.1, 0.15) is 0 Å². The van der Waals surface area contributed by atoms with Gasteiger partial charge in [0, 0.05) is 57.4 Å². The summed E-state index contributed by atoms with van der Waals surface area (Å²) in [7, 11) is 1.79. The molecule has 6 nitrogen and oxygen atoms in total. The highest BCUT2D eigenvalue weighted by Crippen LogP contribution is 2.24. The minimum Gasteiger partial charge on any atom is -0.356 e. The van der Waals surface area contributed by atoms with Crippen LogP contribution < -0.4 is 10.6 Å². The lowest BCUT2D eigenvalue weighted by atomic mass is 9.98. The molecule has 0 atom stereocenters. The van der Waals surface area contributed by atoms with E-state index in [1.165, 1.54) is 22.3 Å². The molecule has 0 aliphatic carbocycles. The predicted molar refractivity (Wildman–Crippen MR) is 145 cm³/mol. The fourth-order valence-corrected chi connectivity index (χ4v) is 3.59. The Morgan fingerprint density at radius 1 is 0.939 bits per heavy atom. The molecule has 2 N–H and O–H groups in total. The number of imidazole rings is 1. The van der Waals surface area contributed by atoms with Crippen LogP contribution in [0.25, 0.3) is 11.1 Å². The first-order chi connectivity index (χ1) is 15.8. The van der Waals surface area contributed by atoms with E-state index in [1.807, 2.05) is 36.9 Å². The minimum atomic E-state index is 0. The highest BCUT2D eigenvalue weighted by molar-refractivity contribution is 14.0. The molecule has 2 aromatic heterocycles. The predicted octanol–water partition coefficient (Wildman–Crippen LogP) is 4.52. The Hall–Kier alpha value is -3.20. The molecule has 2 heterocycles. The van der Waals surface area contributed by atoms with Crippen LogP contribution in [0, 0.1) is 0 Å². The van der Waals surface area contributed by atoms with Crippen molar-refractivity contribution in [2.45, 2.75) is 19.5 Å². The van der Waals surface area contributed by atoms with E-state index in [1.54, 1.807) is 13.2 Å². The molecule has 0 aliphatic rings. The SMILES string of the molecule is CN=C(NCCc1ccccn1)NCc1ccccc1-c1ccc(Cn2ccnc2)cc1.I. The molecule has 0 fully saturated rings. The van der Waals surface area contributed by atoms with Crippen molar-refractivity contribution < 1.29 is 0 Å². The third-order valence-corrected chi connectivity index (χ3v) is 5.28. The average molecular weight is 552 g/mol. The third-order valence-electron chi connectivity index (χ3n) is 5.28. The second-order valence-corrected chi connectivity index (χ2v) is 7.51. The van der Waals surface area contributed by atoms with Crippen molar-refractivity contribution in [3.8, 4) is 11.1 Å². The van der Waals surface area contributed by atoms with Gasteiger partial charge < -0.3 is 15.2 Å². The first-order valence-corrected chi connectivity index (χ1v) is 10.8. The number of guanidine groups is 1. The summed E-state index contributed by atoms with van der Waals surface area (Å²) in [5, 5.41) is 6.80. The summed E-state index contributed by atoms with van der Waals surface area (Å²) >= 11 is 0.